The molecule has 0 fully saturated rings. The van der Waals surface area contributed by atoms with Crippen LogP contribution in [0, 0.1) is 6.92 Å². The second-order valence-corrected chi connectivity index (χ2v) is 6.87. The number of carbonyl (C=O) groups is 1. The third kappa shape index (κ3) is 8.06. The van der Waals surface area contributed by atoms with Crippen molar-refractivity contribution >= 4 is 11.8 Å². The molecule has 136 valence electrons. The summed E-state index contributed by atoms with van der Waals surface area (Å²) in [6, 6.07) is 5.35. The minimum atomic E-state index is -0.485. The summed E-state index contributed by atoms with van der Waals surface area (Å²) in [4.78, 5) is 11.6. The molecule has 0 saturated carbocycles. The molecule has 0 spiro atoms. The molecule has 24 heavy (non-hydrogen) atoms. The van der Waals surface area contributed by atoms with E-state index in [1.54, 1.807) is 19.2 Å². The Morgan fingerprint density at radius 3 is 2.62 bits per heavy atom. The molecule has 0 aliphatic heterocycles. The quantitative estimate of drug-likeness (QED) is 0.500. The van der Waals surface area contributed by atoms with Crippen molar-refractivity contribution in [3.8, 4) is 5.75 Å². The molecule has 6 heteroatoms. The number of phenolic OH excluding ortho intramolecular Hbond substituents is 1. The second kappa shape index (κ2) is 9.37. The minimum absolute atomic E-state index is 0.124. The molecule has 0 saturated heterocycles. The third-order valence-corrected chi connectivity index (χ3v) is 3.34. The molecule has 3 N–H and O–H groups in total. The lowest BCUT2D eigenvalue weighted by atomic mass is 10.1. The molecule has 0 radical (unpaired) electrons. The van der Waals surface area contributed by atoms with E-state index in [4.69, 9.17) is 9.47 Å². The molecule has 0 aliphatic rings. The van der Waals surface area contributed by atoms with Crippen molar-refractivity contribution in [3.05, 3.63) is 23.8 Å². The van der Waals surface area contributed by atoms with Gasteiger partial charge in [-0.05, 0) is 64.3 Å². The van der Waals surface area contributed by atoms with Gasteiger partial charge in [-0.2, -0.15) is 0 Å². The summed E-state index contributed by atoms with van der Waals surface area (Å²) in [5, 5.41) is 15.7. The van der Waals surface area contributed by atoms with Crippen LogP contribution in [-0.2, 0) is 9.47 Å². The van der Waals surface area contributed by atoms with E-state index in [1.165, 1.54) is 0 Å². The highest BCUT2D eigenvalue weighted by Crippen LogP contribution is 2.21. The number of anilines is 1. The molecule has 1 rings (SSSR count). The molecule has 0 bridgehead atoms. The predicted molar refractivity (Wildman–Crippen MR) is 95.6 cm³/mol. The number of phenols is 1. The van der Waals surface area contributed by atoms with Crippen LogP contribution in [0.3, 0.4) is 0 Å². The minimum Gasteiger partial charge on any atom is -0.508 e. The van der Waals surface area contributed by atoms with Crippen LogP contribution < -0.4 is 10.6 Å². The Morgan fingerprint density at radius 1 is 1.33 bits per heavy atom. The smallest absolute Gasteiger partial charge is 0.407 e. The Labute approximate surface area is 144 Å². The van der Waals surface area contributed by atoms with Crippen LogP contribution in [0.5, 0.6) is 5.75 Å². The highest BCUT2D eigenvalue weighted by molar-refractivity contribution is 5.67. The molecule has 1 amide bonds. The SMILES string of the molecule is COCC(CCCNC(=O)OC(C)(C)C)Nc1ccc(O)cc1C. The van der Waals surface area contributed by atoms with Gasteiger partial charge in [0, 0.05) is 25.4 Å². The number of hydrogen-bond acceptors (Lipinski definition) is 5. The fraction of sp³-hybridized carbons (Fsp3) is 0.611. The molecule has 1 aromatic carbocycles. The van der Waals surface area contributed by atoms with E-state index in [9.17, 15) is 9.90 Å². The fourth-order valence-corrected chi connectivity index (χ4v) is 2.28. The number of aromatic hydroxyl groups is 1. The molecule has 6 nitrogen and oxygen atoms in total. The molecule has 1 unspecified atom stereocenters. The van der Waals surface area contributed by atoms with Gasteiger partial charge in [0.05, 0.1) is 6.61 Å². The van der Waals surface area contributed by atoms with Crippen molar-refractivity contribution in [2.75, 3.05) is 25.6 Å². The van der Waals surface area contributed by atoms with Crippen LogP contribution in [0.4, 0.5) is 10.5 Å². The first-order chi connectivity index (χ1) is 11.2. The van der Waals surface area contributed by atoms with Gasteiger partial charge in [0.2, 0.25) is 0 Å². The highest BCUT2D eigenvalue weighted by Gasteiger charge is 2.16. The molecular weight excluding hydrogens is 308 g/mol. The number of nitrogens with one attached hydrogen (secondary N) is 2. The number of rotatable bonds is 8. The summed E-state index contributed by atoms with van der Waals surface area (Å²) in [5.74, 6) is 0.253. The lowest BCUT2D eigenvalue weighted by Crippen LogP contribution is -2.34. The van der Waals surface area contributed by atoms with Gasteiger partial charge in [0.25, 0.3) is 0 Å². The van der Waals surface area contributed by atoms with E-state index in [0.29, 0.717) is 13.2 Å². The Kier molecular flexibility index (Phi) is 7.85. The standard InChI is InChI=1S/C18H30N2O4/c1-13-11-15(21)8-9-16(13)20-14(12-23-5)7-6-10-19-17(22)24-18(2,3)4/h8-9,11,14,20-21H,6-7,10,12H2,1-5H3,(H,19,22). The first kappa shape index (κ1) is 20.1. The number of benzene rings is 1. The van der Waals surface area contributed by atoms with Crippen LogP contribution in [0.1, 0.15) is 39.2 Å². The normalized spacial score (nSPS) is 12.5. The average molecular weight is 338 g/mol. The fourth-order valence-electron chi connectivity index (χ4n) is 2.28. The van der Waals surface area contributed by atoms with Gasteiger partial charge in [0.1, 0.15) is 11.4 Å². The molecule has 0 aliphatic carbocycles. The first-order valence-corrected chi connectivity index (χ1v) is 8.23. The Hall–Kier alpha value is -1.95. The maximum Gasteiger partial charge on any atom is 0.407 e. The van der Waals surface area contributed by atoms with Crippen LogP contribution in [-0.4, -0.2) is 43.1 Å². The summed E-state index contributed by atoms with van der Waals surface area (Å²) >= 11 is 0. The van der Waals surface area contributed by atoms with Crippen molar-refractivity contribution in [1.29, 1.82) is 0 Å². The molecule has 1 atom stereocenters. The Balaban J connectivity index is 2.42. The van der Waals surface area contributed by atoms with Crippen molar-refractivity contribution < 1.29 is 19.4 Å². The van der Waals surface area contributed by atoms with E-state index in [-0.39, 0.29) is 11.8 Å². The molecule has 1 aromatic rings. The highest BCUT2D eigenvalue weighted by atomic mass is 16.6. The number of hydrogen-bond donors (Lipinski definition) is 3. The zero-order valence-electron chi connectivity index (χ0n) is 15.3. The van der Waals surface area contributed by atoms with E-state index in [0.717, 1.165) is 24.1 Å². The third-order valence-electron chi connectivity index (χ3n) is 3.34. The van der Waals surface area contributed by atoms with Crippen LogP contribution in [0.25, 0.3) is 0 Å². The molecule has 0 heterocycles. The Bertz CT molecular complexity index is 526. The van der Waals surface area contributed by atoms with Crippen LogP contribution >= 0.6 is 0 Å². The van der Waals surface area contributed by atoms with Crippen LogP contribution in [0.2, 0.25) is 0 Å². The number of carbonyl (C=O) groups excluding carboxylic acids is 1. The maximum absolute atomic E-state index is 11.6. The zero-order valence-corrected chi connectivity index (χ0v) is 15.3. The lowest BCUT2D eigenvalue weighted by Gasteiger charge is -2.22. The zero-order chi connectivity index (χ0) is 18.2. The van der Waals surface area contributed by atoms with Gasteiger partial charge in [0.15, 0.2) is 0 Å². The number of amides is 1. The Morgan fingerprint density at radius 2 is 2.04 bits per heavy atom. The molecule has 0 aromatic heterocycles. The number of ether oxygens (including phenoxy) is 2. The lowest BCUT2D eigenvalue weighted by molar-refractivity contribution is 0.0526. The van der Waals surface area contributed by atoms with Crippen LogP contribution in [0.15, 0.2) is 18.2 Å². The van der Waals surface area contributed by atoms with E-state index >= 15 is 0 Å². The van der Waals surface area contributed by atoms with Crippen molar-refractivity contribution in [1.82, 2.24) is 5.32 Å². The van der Waals surface area contributed by atoms with E-state index < -0.39 is 11.7 Å². The summed E-state index contributed by atoms with van der Waals surface area (Å²) in [6.45, 7) is 8.56. The second-order valence-electron chi connectivity index (χ2n) is 6.87. The molecular formula is C18H30N2O4. The van der Waals surface area contributed by atoms with Gasteiger partial charge >= 0.3 is 6.09 Å². The van der Waals surface area contributed by atoms with E-state index in [1.807, 2.05) is 33.8 Å². The largest absolute Gasteiger partial charge is 0.508 e. The predicted octanol–water partition coefficient (Wildman–Crippen LogP) is 3.43. The number of alkyl carbamates (subject to hydrolysis) is 1. The van der Waals surface area contributed by atoms with Gasteiger partial charge in [-0.1, -0.05) is 0 Å². The summed E-state index contributed by atoms with van der Waals surface area (Å²) in [6.07, 6.45) is 1.24. The van der Waals surface area contributed by atoms with Gasteiger partial charge in [-0.25, -0.2) is 4.79 Å². The van der Waals surface area contributed by atoms with Crippen molar-refractivity contribution in [3.63, 3.8) is 0 Å². The van der Waals surface area contributed by atoms with Gasteiger partial charge in [-0.3, -0.25) is 0 Å². The number of aryl methyl sites for hydroxylation is 1. The monoisotopic (exact) mass is 338 g/mol. The first-order valence-electron chi connectivity index (χ1n) is 8.23. The number of methoxy groups -OCH3 is 1. The maximum atomic E-state index is 11.6. The van der Waals surface area contributed by atoms with Gasteiger partial charge in [-0.15, -0.1) is 0 Å². The van der Waals surface area contributed by atoms with E-state index in [2.05, 4.69) is 10.6 Å². The average Bonchev–Trinajstić information content (AvgIpc) is 2.44. The summed E-state index contributed by atoms with van der Waals surface area (Å²) < 4.78 is 10.5. The summed E-state index contributed by atoms with van der Waals surface area (Å²) in [5.41, 5.74) is 1.46. The topological polar surface area (TPSA) is 79.8 Å². The van der Waals surface area contributed by atoms with Gasteiger partial charge < -0.3 is 25.2 Å². The summed E-state index contributed by atoms with van der Waals surface area (Å²) in [7, 11) is 1.66. The van der Waals surface area contributed by atoms with Crippen molar-refractivity contribution in [2.24, 2.45) is 0 Å². The van der Waals surface area contributed by atoms with Crippen molar-refractivity contribution in [2.45, 2.75) is 52.2 Å².